The first-order chi connectivity index (χ1) is 13.7. The van der Waals surface area contributed by atoms with Gasteiger partial charge in [-0.05, 0) is 29.8 Å². The number of hydrogen-bond acceptors (Lipinski definition) is 7. The number of nitrogens with two attached hydrogens (primary N) is 1. The summed E-state index contributed by atoms with van der Waals surface area (Å²) in [5, 5.41) is 20.4. The highest BCUT2D eigenvalue weighted by molar-refractivity contribution is 7.46. The van der Waals surface area contributed by atoms with Crippen molar-refractivity contribution in [3.63, 3.8) is 0 Å². The lowest BCUT2D eigenvalue weighted by atomic mass is 9.99. The van der Waals surface area contributed by atoms with E-state index >= 15 is 0 Å². The van der Waals surface area contributed by atoms with Gasteiger partial charge in [0.1, 0.15) is 35.9 Å². The van der Waals surface area contributed by atoms with Crippen molar-refractivity contribution in [2.75, 3.05) is 6.61 Å². The van der Waals surface area contributed by atoms with Crippen molar-refractivity contribution in [2.45, 2.75) is 24.4 Å². The molecule has 4 atom stereocenters. The summed E-state index contributed by atoms with van der Waals surface area (Å²) in [6.45, 7) is -0.628. The summed E-state index contributed by atoms with van der Waals surface area (Å²) in [7, 11) is -4.77. The molecule has 1 aliphatic heterocycles. The van der Waals surface area contributed by atoms with Gasteiger partial charge < -0.3 is 35.2 Å². The zero-order chi connectivity index (χ0) is 21.2. The predicted molar refractivity (Wildman–Crippen MR) is 99.1 cm³/mol. The number of hydrogen-bond donors (Lipinski definition) is 5. The third kappa shape index (κ3) is 5.20. The Morgan fingerprint density at radius 1 is 1.10 bits per heavy atom. The van der Waals surface area contributed by atoms with Crippen molar-refractivity contribution in [1.29, 1.82) is 0 Å². The van der Waals surface area contributed by atoms with Crippen LogP contribution >= 0.6 is 7.82 Å². The number of ether oxygens (including phenoxy) is 2. The Labute approximate surface area is 165 Å². The van der Waals surface area contributed by atoms with Gasteiger partial charge in [0.2, 0.25) is 0 Å². The molecule has 156 valence electrons. The number of primary amides is 1. The van der Waals surface area contributed by atoms with Crippen LogP contribution in [0.5, 0.6) is 11.5 Å². The fourth-order valence-corrected chi connectivity index (χ4v) is 3.30. The van der Waals surface area contributed by atoms with E-state index in [1.165, 1.54) is 18.2 Å². The molecule has 1 aliphatic rings. The quantitative estimate of drug-likeness (QED) is 0.404. The van der Waals surface area contributed by atoms with Crippen molar-refractivity contribution in [2.24, 2.45) is 5.73 Å². The Kier molecular flexibility index (Phi) is 6.35. The Morgan fingerprint density at radius 2 is 1.79 bits per heavy atom. The summed E-state index contributed by atoms with van der Waals surface area (Å²) in [5.74, 6) is -0.0842. The molecule has 0 unspecified atom stereocenters. The van der Waals surface area contributed by atoms with Crippen LogP contribution in [0, 0.1) is 0 Å². The van der Waals surface area contributed by atoms with Gasteiger partial charge in [-0.3, -0.25) is 9.32 Å². The summed E-state index contributed by atoms with van der Waals surface area (Å²) in [6.07, 6.45) is -5.12. The molecule has 1 amide bonds. The number of amides is 1. The van der Waals surface area contributed by atoms with Gasteiger partial charge in [0.15, 0.2) is 0 Å². The lowest BCUT2D eigenvalue weighted by molar-refractivity contribution is -0.0223. The highest BCUT2D eigenvalue weighted by Crippen LogP contribution is 2.40. The lowest BCUT2D eigenvalue weighted by Crippen LogP contribution is -2.33. The molecule has 0 radical (unpaired) electrons. The van der Waals surface area contributed by atoms with Gasteiger partial charge in [0, 0.05) is 0 Å². The van der Waals surface area contributed by atoms with E-state index in [1.807, 2.05) is 6.07 Å². The fourth-order valence-electron chi connectivity index (χ4n) is 2.95. The second kappa shape index (κ2) is 8.60. The number of aliphatic hydroxyl groups excluding tert-OH is 2. The largest absolute Gasteiger partial charge is 0.469 e. The third-order valence-corrected chi connectivity index (χ3v) is 4.82. The van der Waals surface area contributed by atoms with Crippen LogP contribution in [0.25, 0.3) is 0 Å². The molecular formula is C18H20NO9P. The van der Waals surface area contributed by atoms with Crippen LogP contribution in [-0.4, -0.2) is 50.8 Å². The summed E-state index contributed by atoms with van der Waals surface area (Å²) in [5.41, 5.74) is 5.80. The van der Waals surface area contributed by atoms with Crippen LogP contribution in [-0.2, 0) is 13.8 Å². The van der Waals surface area contributed by atoms with Crippen LogP contribution < -0.4 is 10.5 Å². The van der Waals surface area contributed by atoms with Crippen LogP contribution in [0.15, 0.2) is 48.5 Å². The van der Waals surface area contributed by atoms with Crippen LogP contribution in [0.2, 0.25) is 0 Å². The van der Waals surface area contributed by atoms with Gasteiger partial charge >= 0.3 is 7.82 Å². The maximum absolute atomic E-state index is 11.9. The first-order valence-corrected chi connectivity index (χ1v) is 10.1. The average Bonchev–Trinajstić information content (AvgIpc) is 2.95. The van der Waals surface area contributed by atoms with Gasteiger partial charge in [-0.2, -0.15) is 0 Å². The van der Waals surface area contributed by atoms with Gasteiger partial charge in [-0.15, -0.1) is 0 Å². The Bertz CT molecular complexity index is 917. The number of benzene rings is 2. The SMILES string of the molecule is NC(=O)c1cc([C@@H]2O[C@H](COP(=O)(O)O)[C@@H](O)[C@H]2O)ccc1Oc1ccccc1. The van der Waals surface area contributed by atoms with Gasteiger partial charge in [0.25, 0.3) is 5.91 Å². The number of phosphoric acid groups is 1. The smallest absolute Gasteiger partial charge is 0.457 e. The normalized spacial score (nSPS) is 24.4. The molecular weight excluding hydrogens is 405 g/mol. The molecule has 0 bridgehead atoms. The Morgan fingerprint density at radius 3 is 2.41 bits per heavy atom. The topological polar surface area (TPSA) is 169 Å². The molecule has 0 aromatic heterocycles. The van der Waals surface area contributed by atoms with Gasteiger partial charge in [-0.1, -0.05) is 24.3 Å². The molecule has 1 saturated heterocycles. The number of carbonyl (C=O) groups excluding carboxylic acids is 1. The van der Waals surface area contributed by atoms with E-state index in [2.05, 4.69) is 4.52 Å². The molecule has 10 nitrogen and oxygen atoms in total. The molecule has 29 heavy (non-hydrogen) atoms. The number of aliphatic hydroxyl groups is 2. The van der Waals surface area contributed by atoms with Gasteiger partial charge in [0.05, 0.1) is 12.2 Å². The molecule has 11 heteroatoms. The van der Waals surface area contributed by atoms with Crippen LogP contribution in [0.1, 0.15) is 22.0 Å². The highest BCUT2D eigenvalue weighted by atomic mass is 31.2. The zero-order valence-corrected chi connectivity index (χ0v) is 15.9. The molecule has 0 saturated carbocycles. The first-order valence-electron chi connectivity index (χ1n) is 8.54. The number of para-hydroxylation sites is 1. The molecule has 2 aromatic rings. The van der Waals surface area contributed by atoms with E-state index < -0.39 is 44.8 Å². The molecule has 1 fully saturated rings. The molecule has 0 spiro atoms. The van der Waals surface area contributed by atoms with Gasteiger partial charge in [-0.25, -0.2) is 4.57 Å². The van der Waals surface area contributed by atoms with Crippen molar-refractivity contribution >= 4 is 13.7 Å². The second-order valence-corrected chi connectivity index (χ2v) is 7.64. The zero-order valence-electron chi connectivity index (χ0n) is 15.0. The maximum atomic E-state index is 11.9. The maximum Gasteiger partial charge on any atom is 0.469 e. The summed E-state index contributed by atoms with van der Waals surface area (Å²) in [6, 6.07) is 13.1. The molecule has 6 N–H and O–H groups in total. The minimum Gasteiger partial charge on any atom is -0.457 e. The summed E-state index contributed by atoms with van der Waals surface area (Å²) >= 11 is 0. The van der Waals surface area contributed by atoms with E-state index in [0.717, 1.165) is 0 Å². The summed E-state index contributed by atoms with van der Waals surface area (Å²) in [4.78, 5) is 29.5. The van der Waals surface area contributed by atoms with Crippen molar-refractivity contribution in [1.82, 2.24) is 0 Å². The Hall–Kier alpha value is -2.30. The van der Waals surface area contributed by atoms with Crippen LogP contribution in [0.3, 0.4) is 0 Å². The number of phosphoric ester groups is 1. The monoisotopic (exact) mass is 425 g/mol. The van der Waals surface area contributed by atoms with E-state index in [9.17, 15) is 19.6 Å². The van der Waals surface area contributed by atoms with Crippen molar-refractivity contribution in [3.8, 4) is 11.5 Å². The molecule has 3 rings (SSSR count). The van der Waals surface area contributed by atoms with E-state index in [1.54, 1.807) is 24.3 Å². The summed E-state index contributed by atoms with van der Waals surface area (Å²) < 4.78 is 26.4. The molecule has 1 heterocycles. The average molecular weight is 425 g/mol. The first kappa shape index (κ1) is 21.4. The number of carbonyl (C=O) groups is 1. The minimum atomic E-state index is -4.77. The third-order valence-electron chi connectivity index (χ3n) is 4.34. The van der Waals surface area contributed by atoms with Crippen molar-refractivity contribution in [3.05, 3.63) is 59.7 Å². The minimum absolute atomic E-state index is 0.0339. The molecule has 2 aromatic carbocycles. The predicted octanol–water partition coefficient (Wildman–Crippen LogP) is 0.849. The Balaban J connectivity index is 1.82. The number of rotatable bonds is 7. The fraction of sp³-hybridized carbons (Fsp3) is 0.278. The lowest BCUT2D eigenvalue weighted by Gasteiger charge is -2.17. The van der Waals surface area contributed by atoms with Crippen LogP contribution in [0.4, 0.5) is 0 Å². The van der Waals surface area contributed by atoms with Crippen molar-refractivity contribution < 1.29 is 43.4 Å². The van der Waals surface area contributed by atoms with E-state index in [0.29, 0.717) is 11.3 Å². The highest BCUT2D eigenvalue weighted by Gasteiger charge is 2.44. The van der Waals surface area contributed by atoms with E-state index in [4.69, 9.17) is 25.0 Å². The standard InChI is InChI=1S/C18H20NO9P/c19-18(22)12-8-10(6-7-13(12)27-11-4-2-1-3-5-11)17-16(21)15(20)14(28-17)9-26-29(23,24)25/h1-8,14-17,20-21H,9H2,(H2,19,22)(H2,23,24,25)/t14-,15-,16-,17+/m1/s1. The van der Waals surface area contributed by atoms with E-state index in [-0.39, 0.29) is 11.3 Å². The second-order valence-electron chi connectivity index (χ2n) is 6.40. The molecule has 0 aliphatic carbocycles.